The molecule has 5 rings (SSSR count). The molecule has 0 fully saturated rings. The molecule has 2 aromatic carbocycles. The van der Waals surface area contributed by atoms with Crippen molar-refractivity contribution < 1.29 is 19.4 Å². The van der Waals surface area contributed by atoms with Crippen molar-refractivity contribution in [2.75, 3.05) is 14.2 Å². The standard InChI is InChI=1S/C27H26N4O4S/c1-14-15(2)36-27-24(14)25(28-20(13-23(33)35-5)26-30-29-16(3)31(26)27)18-8-6-17(7-9-18)19-10-11-21(32)22(12-19)34-4/h6-12,20,32H,13H2,1-5H3/t20-/m0/s1. The second-order valence-electron chi connectivity index (χ2n) is 8.64. The van der Waals surface area contributed by atoms with Gasteiger partial charge in [-0.05, 0) is 49.6 Å². The normalized spacial score (nSPS) is 14.5. The van der Waals surface area contributed by atoms with E-state index in [1.807, 2.05) is 41.8 Å². The van der Waals surface area contributed by atoms with Crippen molar-refractivity contribution in [3.05, 3.63) is 75.7 Å². The lowest BCUT2D eigenvalue weighted by Crippen LogP contribution is -2.12. The monoisotopic (exact) mass is 502 g/mol. The van der Waals surface area contributed by atoms with Crippen LogP contribution in [0.1, 0.15) is 45.7 Å². The molecule has 0 unspecified atom stereocenters. The van der Waals surface area contributed by atoms with E-state index in [0.29, 0.717) is 11.6 Å². The van der Waals surface area contributed by atoms with E-state index < -0.39 is 6.04 Å². The average molecular weight is 503 g/mol. The Bertz CT molecular complexity index is 1500. The number of aromatic hydroxyl groups is 1. The summed E-state index contributed by atoms with van der Waals surface area (Å²) >= 11 is 1.67. The van der Waals surface area contributed by atoms with Crippen molar-refractivity contribution in [2.45, 2.75) is 33.2 Å². The first kappa shape index (κ1) is 23.7. The molecule has 0 amide bonds. The fourth-order valence-electron chi connectivity index (χ4n) is 4.44. The van der Waals surface area contributed by atoms with Crippen LogP contribution in [0.3, 0.4) is 0 Å². The Labute approximate surface area is 212 Å². The minimum atomic E-state index is -0.533. The number of fused-ring (bicyclic) bond motifs is 3. The maximum absolute atomic E-state index is 12.3. The van der Waals surface area contributed by atoms with Crippen LogP contribution in [0.15, 0.2) is 47.5 Å². The Balaban J connectivity index is 1.65. The number of nitrogens with zero attached hydrogens (tertiary/aromatic N) is 4. The van der Waals surface area contributed by atoms with Crippen molar-refractivity contribution in [3.63, 3.8) is 0 Å². The van der Waals surface area contributed by atoms with Gasteiger partial charge >= 0.3 is 5.97 Å². The van der Waals surface area contributed by atoms with E-state index >= 15 is 0 Å². The third-order valence-corrected chi connectivity index (χ3v) is 7.69. The van der Waals surface area contributed by atoms with Gasteiger partial charge in [0.05, 0.1) is 26.4 Å². The van der Waals surface area contributed by atoms with E-state index in [9.17, 15) is 9.90 Å². The molecule has 0 bridgehead atoms. The van der Waals surface area contributed by atoms with E-state index in [4.69, 9.17) is 14.5 Å². The summed E-state index contributed by atoms with van der Waals surface area (Å²) in [7, 11) is 2.91. The molecule has 0 radical (unpaired) electrons. The molecule has 0 spiro atoms. The molecule has 8 nitrogen and oxygen atoms in total. The molecule has 0 saturated heterocycles. The lowest BCUT2D eigenvalue weighted by molar-refractivity contribution is -0.141. The molecular weight excluding hydrogens is 476 g/mol. The van der Waals surface area contributed by atoms with Gasteiger partial charge in [-0.2, -0.15) is 0 Å². The zero-order valence-electron chi connectivity index (χ0n) is 20.7. The van der Waals surface area contributed by atoms with Crippen LogP contribution in [0.5, 0.6) is 11.5 Å². The van der Waals surface area contributed by atoms with Crippen LogP contribution in [0, 0.1) is 20.8 Å². The summed E-state index contributed by atoms with van der Waals surface area (Å²) in [6.45, 7) is 6.10. The van der Waals surface area contributed by atoms with E-state index in [1.54, 1.807) is 23.5 Å². The summed E-state index contributed by atoms with van der Waals surface area (Å²) in [6.07, 6.45) is 0.0660. The minimum Gasteiger partial charge on any atom is -0.504 e. The van der Waals surface area contributed by atoms with Gasteiger partial charge in [-0.25, -0.2) is 0 Å². The van der Waals surface area contributed by atoms with Crippen LogP contribution < -0.4 is 4.74 Å². The van der Waals surface area contributed by atoms with Gasteiger partial charge in [-0.15, -0.1) is 21.5 Å². The zero-order valence-corrected chi connectivity index (χ0v) is 21.5. The molecule has 4 aromatic rings. The Morgan fingerprint density at radius 2 is 1.72 bits per heavy atom. The molecule has 0 saturated carbocycles. The molecule has 1 atom stereocenters. The van der Waals surface area contributed by atoms with Gasteiger partial charge in [0, 0.05) is 16.0 Å². The molecule has 3 heterocycles. The molecule has 1 aliphatic rings. The highest BCUT2D eigenvalue weighted by Crippen LogP contribution is 2.40. The lowest BCUT2D eigenvalue weighted by Gasteiger charge is -2.12. The summed E-state index contributed by atoms with van der Waals surface area (Å²) in [4.78, 5) is 18.6. The van der Waals surface area contributed by atoms with Crippen LogP contribution in [0.2, 0.25) is 0 Å². The zero-order chi connectivity index (χ0) is 25.6. The van der Waals surface area contributed by atoms with Crippen LogP contribution in [-0.2, 0) is 9.53 Å². The van der Waals surface area contributed by atoms with Crippen LogP contribution in [0.4, 0.5) is 0 Å². The molecule has 36 heavy (non-hydrogen) atoms. The smallest absolute Gasteiger partial charge is 0.308 e. The molecule has 1 N–H and O–H groups in total. The van der Waals surface area contributed by atoms with E-state index in [2.05, 4.69) is 24.0 Å². The topological polar surface area (TPSA) is 98.8 Å². The fraction of sp³-hybridized carbons (Fsp3) is 0.259. The van der Waals surface area contributed by atoms with Crippen molar-refractivity contribution in [1.29, 1.82) is 0 Å². The van der Waals surface area contributed by atoms with Crippen LogP contribution >= 0.6 is 11.3 Å². The minimum absolute atomic E-state index is 0.0660. The number of carbonyl (C=O) groups is 1. The molecular formula is C27H26N4O4S. The summed E-state index contributed by atoms with van der Waals surface area (Å²) in [5.74, 6) is 1.53. The number of hydrogen-bond donors (Lipinski definition) is 1. The van der Waals surface area contributed by atoms with Crippen LogP contribution in [-0.4, -0.2) is 45.8 Å². The highest BCUT2D eigenvalue weighted by molar-refractivity contribution is 7.15. The van der Waals surface area contributed by atoms with Gasteiger partial charge < -0.3 is 14.6 Å². The number of carbonyl (C=O) groups excluding carboxylic acids is 1. The predicted octanol–water partition coefficient (Wildman–Crippen LogP) is 5.09. The number of aliphatic imine (C=N–C) groups is 1. The fourth-order valence-corrected chi connectivity index (χ4v) is 5.66. The van der Waals surface area contributed by atoms with Gasteiger partial charge in [0.1, 0.15) is 16.9 Å². The number of aromatic nitrogens is 3. The molecule has 0 aliphatic carbocycles. The maximum atomic E-state index is 12.3. The van der Waals surface area contributed by atoms with Crippen molar-refractivity contribution in [3.8, 4) is 27.6 Å². The first-order chi connectivity index (χ1) is 17.3. The first-order valence-corrected chi connectivity index (χ1v) is 12.3. The number of esters is 1. The number of ether oxygens (including phenoxy) is 2. The van der Waals surface area contributed by atoms with Gasteiger partial charge in [-0.1, -0.05) is 30.3 Å². The van der Waals surface area contributed by atoms with Gasteiger partial charge in [0.15, 0.2) is 17.3 Å². The van der Waals surface area contributed by atoms with E-state index in [0.717, 1.165) is 44.4 Å². The predicted molar refractivity (Wildman–Crippen MR) is 139 cm³/mol. The number of rotatable bonds is 5. The Morgan fingerprint density at radius 3 is 2.42 bits per heavy atom. The van der Waals surface area contributed by atoms with Crippen molar-refractivity contribution in [2.24, 2.45) is 4.99 Å². The lowest BCUT2D eigenvalue weighted by atomic mass is 9.97. The number of phenolic OH excluding ortho intramolecular Hbond substituents is 1. The molecule has 2 aromatic heterocycles. The summed E-state index contributed by atoms with van der Waals surface area (Å²) in [6, 6.07) is 12.8. The number of aryl methyl sites for hydroxylation is 2. The Hall–Kier alpha value is -3.98. The number of hydrogen-bond acceptors (Lipinski definition) is 8. The van der Waals surface area contributed by atoms with Gasteiger partial charge in [0.2, 0.25) is 0 Å². The quantitative estimate of drug-likeness (QED) is 0.382. The SMILES string of the molecule is COC(=O)C[C@@H]1N=C(c2ccc(-c3ccc(O)c(OC)c3)cc2)c2c(sc(C)c2C)-n2c(C)nnc21. The summed E-state index contributed by atoms with van der Waals surface area (Å²) < 4.78 is 12.2. The van der Waals surface area contributed by atoms with Gasteiger partial charge in [0.25, 0.3) is 0 Å². The third-order valence-electron chi connectivity index (χ3n) is 6.50. The van der Waals surface area contributed by atoms with E-state index in [-0.39, 0.29) is 18.1 Å². The summed E-state index contributed by atoms with van der Waals surface area (Å²) in [5, 5.41) is 19.6. The van der Waals surface area contributed by atoms with Crippen LogP contribution in [0.25, 0.3) is 16.1 Å². The first-order valence-electron chi connectivity index (χ1n) is 11.5. The van der Waals surface area contributed by atoms with E-state index in [1.165, 1.54) is 19.1 Å². The third kappa shape index (κ3) is 3.95. The molecule has 9 heteroatoms. The number of methoxy groups -OCH3 is 2. The van der Waals surface area contributed by atoms with Gasteiger partial charge in [-0.3, -0.25) is 14.4 Å². The van der Waals surface area contributed by atoms with Crippen molar-refractivity contribution in [1.82, 2.24) is 14.8 Å². The highest BCUT2D eigenvalue weighted by Gasteiger charge is 2.32. The molecule has 184 valence electrons. The second-order valence-corrected chi connectivity index (χ2v) is 9.85. The Morgan fingerprint density at radius 1 is 1.03 bits per heavy atom. The number of benzene rings is 2. The molecule has 1 aliphatic heterocycles. The second kappa shape index (κ2) is 9.23. The number of phenols is 1. The highest BCUT2D eigenvalue weighted by atomic mass is 32.1. The largest absolute Gasteiger partial charge is 0.504 e. The average Bonchev–Trinajstić information content (AvgIpc) is 3.36. The van der Waals surface area contributed by atoms with Crippen molar-refractivity contribution >= 4 is 23.0 Å². The Kier molecular flexibility index (Phi) is 6.09. The maximum Gasteiger partial charge on any atom is 0.308 e. The summed E-state index contributed by atoms with van der Waals surface area (Å²) in [5.41, 5.74) is 5.79. The number of thiophene rings is 1.